The molecule has 3 aromatic rings. The molecule has 0 unspecified atom stereocenters. The number of rotatable bonds is 3. The molecule has 0 fully saturated rings. The van der Waals surface area contributed by atoms with E-state index in [1.807, 2.05) is 0 Å². The van der Waals surface area contributed by atoms with Crippen LogP contribution in [0.3, 0.4) is 0 Å². The highest BCUT2D eigenvalue weighted by molar-refractivity contribution is 6.42. The molecule has 0 aliphatic carbocycles. The van der Waals surface area contributed by atoms with Crippen LogP contribution in [0.25, 0.3) is 11.2 Å². The van der Waals surface area contributed by atoms with Crippen LogP contribution >= 0.6 is 23.2 Å². The summed E-state index contributed by atoms with van der Waals surface area (Å²) in [7, 11) is 0. The van der Waals surface area contributed by atoms with Crippen molar-refractivity contribution in [1.82, 2.24) is 25.4 Å². The van der Waals surface area contributed by atoms with Crippen molar-refractivity contribution in [2.75, 3.05) is 5.43 Å². The first-order valence-corrected chi connectivity index (χ1v) is 6.56. The molecular formula is C12H8Cl2N6O. The van der Waals surface area contributed by atoms with Crippen LogP contribution in [-0.2, 0) is 0 Å². The van der Waals surface area contributed by atoms with Gasteiger partial charge in [-0.2, -0.15) is 0 Å². The number of hydrazine groups is 1. The summed E-state index contributed by atoms with van der Waals surface area (Å²) in [5.41, 5.74) is 6.68. The zero-order chi connectivity index (χ0) is 14.8. The SMILES string of the molecule is O=C(NNc1ncnc2nc[nH]c12)c1ccc(Cl)c(Cl)c1. The van der Waals surface area contributed by atoms with E-state index in [0.29, 0.717) is 32.6 Å². The number of carbonyl (C=O) groups is 1. The van der Waals surface area contributed by atoms with Gasteiger partial charge in [-0.05, 0) is 18.2 Å². The third kappa shape index (κ3) is 2.74. The molecule has 1 amide bonds. The van der Waals surface area contributed by atoms with Crippen LogP contribution in [-0.4, -0.2) is 25.8 Å². The lowest BCUT2D eigenvalue weighted by Gasteiger charge is -2.08. The molecule has 9 heteroatoms. The number of aromatic nitrogens is 4. The Kier molecular flexibility index (Phi) is 3.59. The fourth-order valence-corrected chi connectivity index (χ4v) is 1.98. The molecule has 2 aromatic heterocycles. The van der Waals surface area contributed by atoms with Crippen LogP contribution in [0.2, 0.25) is 10.0 Å². The maximum Gasteiger partial charge on any atom is 0.269 e. The molecule has 3 N–H and O–H groups in total. The number of nitrogens with zero attached hydrogens (tertiary/aromatic N) is 3. The van der Waals surface area contributed by atoms with Gasteiger partial charge >= 0.3 is 0 Å². The van der Waals surface area contributed by atoms with Crippen molar-refractivity contribution in [1.29, 1.82) is 0 Å². The lowest BCUT2D eigenvalue weighted by atomic mass is 10.2. The highest BCUT2D eigenvalue weighted by Gasteiger charge is 2.10. The van der Waals surface area contributed by atoms with Crippen molar-refractivity contribution in [2.45, 2.75) is 0 Å². The number of carbonyl (C=O) groups excluding carboxylic acids is 1. The maximum absolute atomic E-state index is 12.0. The predicted molar refractivity (Wildman–Crippen MR) is 79.2 cm³/mol. The highest BCUT2D eigenvalue weighted by Crippen LogP contribution is 2.22. The quantitative estimate of drug-likeness (QED) is 0.643. The largest absolute Gasteiger partial charge is 0.340 e. The summed E-state index contributed by atoms with van der Waals surface area (Å²) >= 11 is 11.7. The van der Waals surface area contributed by atoms with Gasteiger partial charge in [0.25, 0.3) is 5.91 Å². The molecular weight excluding hydrogens is 315 g/mol. The van der Waals surface area contributed by atoms with E-state index in [9.17, 15) is 4.79 Å². The van der Waals surface area contributed by atoms with E-state index in [2.05, 4.69) is 30.8 Å². The van der Waals surface area contributed by atoms with Crippen LogP contribution < -0.4 is 10.9 Å². The van der Waals surface area contributed by atoms with Gasteiger partial charge in [-0.25, -0.2) is 15.0 Å². The third-order valence-electron chi connectivity index (χ3n) is 2.70. The van der Waals surface area contributed by atoms with Gasteiger partial charge in [0.15, 0.2) is 11.5 Å². The first kappa shape index (κ1) is 13.6. The van der Waals surface area contributed by atoms with Gasteiger partial charge in [-0.1, -0.05) is 23.2 Å². The summed E-state index contributed by atoms with van der Waals surface area (Å²) in [5, 5.41) is 0.693. The van der Waals surface area contributed by atoms with E-state index in [-0.39, 0.29) is 5.91 Å². The van der Waals surface area contributed by atoms with Crippen molar-refractivity contribution in [3.63, 3.8) is 0 Å². The van der Waals surface area contributed by atoms with Gasteiger partial charge in [0.1, 0.15) is 11.8 Å². The Morgan fingerprint density at radius 1 is 1.14 bits per heavy atom. The average Bonchev–Trinajstić information content (AvgIpc) is 2.96. The number of amides is 1. The first-order chi connectivity index (χ1) is 10.1. The molecule has 0 saturated heterocycles. The summed E-state index contributed by atoms with van der Waals surface area (Å²) in [5.74, 6) is 0.0331. The van der Waals surface area contributed by atoms with E-state index in [1.165, 1.54) is 18.7 Å². The van der Waals surface area contributed by atoms with E-state index in [1.54, 1.807) is 12.1 Å². The van der Waals surface area contributed by atoms with E-state index in [4.69, 9.17) is 23.2 Å². The Labute approximate surface area is 128 Å². The smallest absolute Gasteiger partial charge is 0.269 e. The van der Waals surface area contributed by atoms with Gasteiger partial charge in [0.05, 0.1) is 16.4 Å². The van der Waals surface area contributed by atoms with E-state index in [0.717, 1.165) is 0 Å². The minimum atomic E-state index is -0.375. The monoisotopic (exact) mass is 322 g/mol. The second-order valence-corrected chi connectivity index (χ2v) is 4.85. The second kappa shape index (κ2) is 5.55. The van der Waals surface area contributed by atoms with Gasteiger partial charge < -0.3 is 4.98 Å². The topological polar surface area (TPSA) is 95.6 Å². The number of H-pyrrole nitrogens is 1. The van der Waals surface area contributed by atoms with Gasteiger partial charge in [0, 0.05) is 5.56 Å². The molecule has 0 radical (unpaired) electrons. The number of imidazole rings is 1. The van der Waals surface area contributed by atoms with Crippen molar-refractivity contribution < 1.29 is 4.79 Å². The van der Waals surface area contributed by atoms with Crippen LogP contribution in [0, 0.1) is 0 Å². The molecule has 2 heterocycles. The number of aromatic amines is 1. The van der Waals surface area contributed by atoms with Gasteiger partial charge in [-0.15, -0.1) is 0 Å². The molecule has 3 rings (SSSR count). The number of fused-ring (bicyclic) bond motifs is 1. The number of halogens is 2. The number of anilines is 1. The first-order valence-electron chi connectivity index (χ1n) is 5.80. The molecule has 0 saturated carbocycles. The number of hydrogen-bond acceptors (Lipinski definition) is 5. The summed E-state index contributed by atoms with van der Waals surface area (Å²) in [4.78, 5) is 26.9. The Hall–Kier alpha value is -2.38. The predicted octanol–water partition coefficient (Wildman–Crippen LogP) is 2.42. The molecule has 0 bridgehead atoms. The Morgan fingerprint density at radius 2 is 2.00 bits per heavy atom. The zero-order valence-corrected chi connectivity index (χ0v) is 11.9. The molecule has 0 aliphatic rings. The lowest BCUT2D eigenvalue weighted by Crippen LogP contribution is -2.30. The van der Waals surface area contributed by atoms with Gasteiger partial charge in [-0.3, -0.25) is 15.6 Å². The third-order valence-corrected chi connectivity index (χ3v) is 3.44. The lowest BCUT2D eigenvalue weighted by molar-refractivity contribution is 0.0962. The maximum atomic E-state index is 12.0. The molecule has 0 spiro atoms. The fraction of sp³-hybridized carbons (Fsp3) is 0. The summed E-state index contributed by atoms with van der Waals surface area (Å²) in [6.07, 6.45) is 2.84. The fourth-order valence-electron chi connectivity index (χ4n) is 1.69. The summed E-state index contributed by atoms with van der Waals surface area (Å²) in [6, 6.07) is 4.60. The van der Waals surface area contributed by atoms with Gasteiger partial charge in [0.2, 0.25) is 0 Å². The number of benzene rings is 1. The van der Waals surface area contributed by atoms with Crippen molar-refractivity contribution in [2.24, 2.45) is 0 Å². The molecule has 21 heavy (non-hydrogen) atoms. The Morgan fingerprint density at radius 3 is 2.81 bits per heavy atom. The minimum Gasteiger partial charge on any atom is -0.340 e. The Bertz CT molecular complexity index is 818. The molecule has 1 aromatic carbocycles. The van der Waals surface area contributed by atoms with Crippen LogP contribution in [0.1, 0.15) is 10.4 Å². The zero-order valence-electron chi connectivity index (χ0n) is 10.4. The molecule has 0 aliphatic heterocycles. The highest BCUT2D eigenvalue weighted by atomic mass is 35.5. The van der Waals surface area contributed by atoms with Crippen LogP contribution in [0.5, 0.6) is 0 Å². The molecule has 7 nitrogen and oxygen atoms in total. The number of nitrogens with one attached hydrogen (secondary N) is 3. The van der Waals surface area contributed by atoms with Crippen molar-refractivity contribution in [3.05, 3.63) is 46.5 Å². The summed E-state index contributed by atoms with van der Waals surface area (Å²) < 4.78 is 0. The second-order valence-electron chi connectivity index (χ2n) is 4.03. The van der Waals surface area contributed by atoms with Crippen LogP contribution in [0.15, 0.2) is 30.9 Å². The standard InChI is InChI=1S/C12H8Cl2N6O/c13-7-2-1-6(3-8(7)14)12(21)20-19-11-9-10(16-4-15-9)17-5-18-11/h1-5H,(H,20,21)(H2,15,16,17,18,19). The molecule has 106 valence electrons. The average molecular weight is 323 g/mol. The van der Waals surface area contributed by atoms with E-state index >= 15 is 0 Å². The van der Waals surface area contributed by atoms with E-state index < -0.39 is 0 Å². The summed E-state index contributed by atoms with van der Waals surface area (Å²) in [6.45, 7) is 0. The Balaban J connectivity index is 1.76. The normalized spacial score (nSPS) is 10.6. The molecule has 0 atom stereocenters. The minimum absolute atomic E-state index is 0.308. The van der Waals surface area contributed by atoms with Crippen LogP contribution in [0.4, 0.5) is 5.82 Å². The number of hydrogen-bond donors (Lipinski definition) is 3. The van der Waals surface area contributed by atoms with Crippen molar-refractivity contribution >= 4 is 46.1 Å². The van der Waals surface area contributed by atoms with Crippen molar-refractivity contribution in [3.8, 4) is 0 Å².